The minimum absolute atomic E-state index is 0.00281. The average molecular weight is 917 g/mol. The van der Waals surface area contributed by atoms with Gasteiger partial charge in [0, 0.05) is 12.8 Å². The highest BCUT2D eigenvalue weighted by Gasteiger charge is 2.18. The largest absolute Gasteiger partial charge is 0.466 e. The normalized spacial score (nSPS) is 12.7. The molecule has 0 radical (unpaired) electrons. The van der Waals surface area contributed by atoms with Crippen molar-refractivity contribution in [1.29, 1.82) is 0 Å². The minimum atomic E-state index is -0.852. The smallest absolute Gasteiger partial charge is 0.305 e. The molecule has 2 unspecified atom stereocenters. The number of amides is 1. The Hall–Kier alpha value is -1.66. The summed E-state index contributed by atoms with van der Waals surface area (Å²) < 4.78 is 5.45. The van der Waals surface area contributed by atoms with Gasteiger partial charge in [-0.1, -0.05) is 269 Å². The molecule has 0 aromatic heterocycles. The Bertz CT molecular complexity index is 1010. The van der Waals surface area contributed by atoms with E-state index in [1.54, 1.807) is 6.08 Å². The van der Waals surface area contributed by atoms with Gasteiger partial charge in [0.1, 0.15) is 0 Å². The summed E-state index contributed by atoms with van der Waals surface area (Å²) in [7, 11) is 0. The number of ether oxygens (including phenoxy) is 1. The molecule has 0 rings (SSSR count). The van der Waals surface area contributed by atoms with Crippen molar-refractivity contribution in [3.8, 4) is 0 Å². The number of carbonyl (C=O) groups is 2. The van der Waals surface area contributed by atoms with Gasteiger partial charge in [-0.2, -0.15) is 0 Å². The van der Waals surface area contributed by atoms with Gasteiger partial charge in [0.2, 0.25) is 5.91 Å². The Labute approximate surface area is 405 Å². The predicted octanol–water partition coefficient (Wildman–Crippen LogP) is 17.9. The number of aliphatic hydroxyl groups is 2. The van der Waals surface area contributed by atoms with Crippen molar-refractivity contribution in [3.63, 3.8) is 0 Å². The van der Waals surface area contributed by atoms with E-state index in [0.717, 1.165) is 57.8 Å². The lowest BCUT2D eigenvalue weighted by atomic mass is 10.0. The van der Waals surface area contributed by atoms with E-state index in [2.05, 4.69) is 31.3 Å². The van der Waals surface area contributed by atoms with Crippen molar-refractivity contribution >= 4 is 11.9 Å². The molecule has 6 heteroatoms. The molecule has 0 bridgehead atoms. The molecule has 0 saturated heterocycles. The lowest BCUT2D eigenvalue weighted by Gasteiger charge is -2.20. The first-order chi connectivity index (χ1) is 32.0. The van der Waals surface area contributed by atoms with Crippen LogP contribution in [0, 0.1) is 0 Å². The number of aliphatic hydroxyl groups excluding tert-OH is 2. The molecular formula is C59H113NO5. The topological polar surface area (TPSA) is 95.9 Å². The Morgan fingerprint density at radius 2 is 0.723 bits per heavy atom. The fourth-order valence-electron chi connectivity index (χ4n) is 8.98. The molecule has 0 aliphatic rings. The number of rotatable bonds is 54. The first-order valence-corrected chi connectivity index (χ1v) is 29.1. The molecule has 3 N–H and O–H groups in total. The lowest BCUT2D eigenvalue weighted by Crippen LogP contribution is -2.45. The van der Waals surface area contributed by atoms with Gasteiger partial charge in [-0.15, -0.1) is 0 Å². The van der Waals surface area contributed by atoms with Gasteiger partial charge in [0.05, 0.1) is 25.4 Å². The summed E-state index contributed by atoms with van der Waals surface area (Å²) in [6, 6.07) is -0.637. The Balaban J connectivity index is 3.50. The molecule has 0 aromatic carbocycles. The molecule has 0 aliphatic carbocycles. The van der Waals surface area contributed by atoms with Gasteiger partial charge in [0.15, 0.2) is 0 Å². The van der Waals surface area contributed by atoms with Crippen molar-refractivity contribution in [2.45, 2.75) is 328 Å². The van der Waals surface area contributed by atoms with Crippen molar-refractivity contribution in [2.75, 3.05) is 13.2 Å². The van der Waals surface area contributed by atoms with Crippen LogP contribution in [0.4, 0.5) is 0 Å². The van der Waals surface area contributed by atoms with Crippen LogP contribution in [0.1, 0.15) is 316 Å². The van der Waals surface area contributed by atoms with Gasteiger partial charge in [-0.25, -0.2) is 0 Å². The number of unbranched alkanes of at least 4 members (excludes halogenated alkanes) is 41. The maximum Gasteiger partial charge on any atom is 0.305 e. The monoisotopic (exact) mass is 916 g/mol. The number of carbonyl (C=O) groups excluding carboxylic acids is 2. The third-order valence-electron chi connectivity index (χ3n) is 13.5. The Morgan fingerprint density at radius 3 is 1.09 bits per heavy atom. The summed E-state index contributed by atoms with van der Waals surface area (Å²) in [5, 5.41) is 23.2. The molecule has 0 aromatic rings. The van der Waals surface area contributed by atoms with Crippen molar-refractivity contribution in [1.82, 2.24) is 5.32 Å². The fourth-order valence-corrected chi connectivity index (χ4v) is 8.98. The van der Waals surface area contributed by atoms with Gasteiger partial charge < -0.3 is 20.3 Å². The number of nitrogens with one attached hydrogen (secondary N) is 1. The maximum absolute atomic E-state index is 12.5. The van der Waals surface area contributed by atoms with E-state index >= 15 is 0 Å². The van der Waals surface area contributed by atoms with Crippen LogP contribution in [0.25, 0.3) is 0 Å². The number of hydrogen-bond acceptors (Lipinski definition) is 5. The summed E-state index contributed by atoms with van der Waals surface area (Å²) in [5.74, 6) is -0.0804. The van der Waals surface area contributed by atoms with Crippen molar-refractivity contribution < 1.29 is 24.5 Å². The number of hydrogen-bond donors (Lipinski definition) is 3. The maximum atomic E-state index is 12.5. The molecule has 6 nitrogen and oxygen atoms in total. The van der Waals surface area contributed by atoms with Crippen LogP contribution in [-0.2, 0) is 14.3 Å². The van der Waals surface area contributed by atoms with Crippen LogP contribution in [-0.4, -0.2) is 47.4 Å². The highest BCUT2D eigenvalue weighted by atomic mass is 16.5. The van der Waals surface area contributed by atoms with E-state index in [0.29, 0.717) is 19.4 Å². The van der Waals surface area contributed by atoms with Crippen LogP contribution in [0.5, 0.6) is 0 Å². The molecule has 0 aliphatic heterocycles. The van der Waals surface area contributed by atoms with Crippen LogP contribution in [0.2, 0.25) is 0 Å². The molecule has 0 fully saturated rings. The summed E-state index contributed by atoms with van der Waals surface area (Å²) in [4.78, 5) is 24.5. The molecule has 1 amide bonds. The van der Waals surface area contributed by atoms with E-state index in [1.165, 1.54) is 231 Å². The van der Waals surface area contributed by atoms with Gasteiger partial charge in [-0.3, -0.25) is 9.59 Å². The van der Waals surface area contributed by atoms with Crippen molar-refractivity contribution in [2.24, 2.45) is 0 Å². The third-order valence-corrected chi connectivity index (χ3v) is 13.5. The highest BCUT2D eigenvalue weighted by molar-refractivity contribution is 5.76. The first-order valence-electron chi connectivity index (χ1n) is 29.1. The molecule has 65 heavy (non-hydrogen) atoms. The van der Waals surface area contributed by atoms with E-state index in [4.69, 9.17) is 4.74 Å². The van der Waals surface area contributed by atoms with E-state index < -0.39 is 12.1 Å². The quantitative estimate of drug-likeness (QED) is 0.0321. The van der Waals surface area contributed by atoms with E-state index in [-0.39, 0.29) is 18.5 Å². The van der Waals surface area contributed by atoms with Crippen molar-refractivity contribution in [3.05, 3.63) is 24.3 Å². The number of allylic oxidation sites excluding steroid dienone is 3. The van der Waals surface area contributed by atoms with E-state index in [9.17, 15) is 19.8 Å². The zero-order valence-electron chi connectivity index (χ0n) is 43.7. The van der Waals surface area contributed by atoms with Gasteiger partial charge in [0.25, 0.3) is 0 Å². The lowest BCUT2D eigenvalue weighted by molar-refractivity contribution is -0.143. The molecule has 0 saturated carbocycles. The zero-order valence-corrected chi connectivity index (χ0v) is 43.7. The molecular weight excluding hydrogens is 803 g/mol. The molecule has 384 valence electrons. The summed E-state index contributed by atoms with van der Waals surface area (Å²) in [5.41, 5.74) is 0. The minimum Gasteiger partial charge on any atom is -0.466 e. The second kappa shape index (κ2) is 54.9. The highest BCUT2D eigenvalue weighted by Crippen LogP contribution is 2.17. The molecule has 2 atom stereocenters. The van der Waals surface area contributed by atoms with Crippen LogP contribution in [0.3, 0.4) is 0 Å². The van der Waals surface area contributed by atoms with Crippen LogP contribution < -0.4 is 5.32 Å². The van der Waals surface area contributed by atoms with Gasteiger partial charge in [-0.05, 0) is 57.8 Å². The van der Waals surface area contributed by atoms with E-state index in [1.807, 2.05) is 6.08 Å². The van der Waals surface area contributed by atoms with Crippen LogP contribution in [0.15, 0.2) is 24.3 Å². The zero-order chi connectivity index (χ0) is 47.2. The van der Waals surface area contributed by atoms with Crippen LogP contribution >= 0.6 is 0 Å². The summed E-state index contributed by atoms with van der Waals surface area (Å²) >= 11 is 0. The number of esters is 1. The standard InChI is InChI=1S/C59H113NO5/c1-3-5-7-9-11-13-15-16-17-18-19-20-22-25-28-32-35-39-43-47-51-57(62)56(55-61)60-58(63)52-48-44-40-36-33-29-26-23-21-24-27-30-34-38-42-46-50-54-65-59(64)53-49-45-41-37-31-14-12-10-8-6-4-2/h21,24,47,51,56-57,61-62H,3-20,22-23,25-46,48-50,52-55H2,1-2H3,(H,60,63)/b24-21-,51-47+. The SMILES string of the molecule is CCCCCCCCCCCCCCCCCCCC/C=C/C(O)C(CO)NC(=O)CCCCCCCCC/C=C\CCCCCCCCOC(=O)CCCCCCCCCCCCC. The van der Waals surface area contributed by atoms with Gasteiger partial charge >= 0.3 is 5.97 Å². The predicted molar refractivity (Wildman–Crippen MR) is 283 cm³/mol. The third kappa shape index (κ3) is 51.6. The average Bonchev–Trinajstić information content (AvgIpc) is 3.31. The second-order valence-corrected chi connectivity index (χ2v) is 20.0. The summed E-state index contributed by atoms with van der Waals surface area (Å²) in [6.07, 6.45) is 66.3. The second-order valence-electron chi connectivity index (χ2n) is 20.0. The summed E-state index contributed by atoms with van der Waals surface area (Å²) in [6.45, 7) is 4.89. The first kappa shape index (κ1) is 63.3. The Kier molecular flexibility index (Phi) is 53.5. The molecule has 0 spiro atoms. The molecule has 0 heterocycles. The Morgan fingerprint density at radius 1 is 0.415 bits per heavy atom. The fraction of sp³-hybridized carbons (Fsp3) is 0.898.